The lowest BCUT2D eigenvalue weighted by Gasteiger charge is -2.09. The number of benzene rings is 2. The van der Waals surface area contributed by atoms with Gasteiger partial charge in [0.05, 0.1) is 26.1 Å². The van der Waals surface area contributed by atoms with Gasteiger partial charge >= 0.3 is 0 Å². The van der Waals surface area contributed by atoms with E-state index in [4.69, 9.17) is 5.10 Å². The molecule has 2 aromatic carbocycles. The zero-order valence-electron chi connectivity index (χ0n) is 15.8. The number of hydrogen-bond acceptors (Lipinski definition) is 4. The minimum atomic E-state index is 0.0969. The second-order valence-corrected chi connectivity index (χ2v) is 9.59. The third-order valence-corrected chi connectivity index (χ3v) is 6.71. The van der Waals surface area contributed by atoms with Gasteiger partial charge in [0.2, 0.25) is 0 Å². The molecule has 0 amide bonds. The van der Waals surface area contributed by atoms with Crippen molar-refractivity contribution >= 4 is 33.0 Å². The van der Waals surface area contributed by atoms with Crippen molar-refractivity contribution < 1.29 is 0 Å². The first-order valence-electron chi connectivity index (χ1n) is 9.47. The van der Waals surface area contributed by atoms with E-state index in [1.807, 2.05) is 22.9 Å². The van der Waals surface area contributed by atoms with Crippen molar-refractivity contribution in [3.8, 4) is 16.3 Å². The fourth-order valence-electron chi connectivity index (χ4n) is 3.54. The van der Waals surface area contributed by atoms with E-state index < -0.39 is 0 Å². The van der Waals surface area contributed by atoms with E-state index >= 15 is 0 Å². The molecule has 0 radical (unpaired) electrons. The van der Waals surface area contributed by atoms with E-state index in [-0.39, 0.29) is 6.04 Å². The quantitative estimate of drug-likeness (QED) is 0.397. The Morgan fingerprint density at radius 3 is 2.55 bits per heavy atom. The van der Waals surface area contributed by atoms with Crippen molar-refractivity contribution in [2.75, 3.05) is 0 Å². The first kappa shape index (κ1) is 18.3. The maximum atomic E-state index is 4.93. The van der Waals surface area contributed by atoms with Crippen LogP contribution in [0.25, 0.3) is 16.3 Å². The van der Waals surface area contributed by atoms with E-state index in [0.29, 0.717) is 0 Å². The highest BCUT2D eigenvalue weighted by Gasteiger charge is 2.27. The number of para-hydroxylation sites is 1. The molecule has 1 unspecified atom stereocenters. The van der Waals surface area contributed by atoms with Gasteiger partial charge in [-0.3, -0.25) is 0 Å². The summed E-state index contributed by atoms with van der Waals surface area (Å²) in [5, 5.41) is 9.57. The van der Waals surface area contributed by atoms with Crippen LogP contribution in [0.5, 0.6) is 0 Å². The molecule has 0 bridgehead atoms. The number of hydrogen-bond donors (Lipinski definition) is 1. The fraction of sp³-hybridized carbons (Fsp3) is 0.130. The number of aryl methyl sites for hydroxylation is 1. The van der Waals surface area contributed by atoms with E-state index in [1.165, 1.54) is 11.1 Å². The maximum Gasteiger partial charge on any atom is 0.108 e. The highest BCUT2D eigenvalue weighted by atomic mass is 79.9. The highest BCUT2D eigenvalue weighted by molar-refractivity contribution is 9.11. The van der Waals surface area contributed by atoms with Gasteiger partial charge in [-0.25, -0.2) is 4.68 Å². The first-order chi connectivity index (χ1) is 14.2. The monoisotopic (exact) mass is 462 g/mol. The lowest BCUT2D eigenvalue weighted by Crippen LogP contribution is -2.10. The van der Waals surface area contributed by atoms with Gasteiger partial charge in [-0.15, -0.1) is 11.3 Å². The van der Waals surface area contributed by atoms with Gasteiger partial charge in [-0.1, -0.05) is 48.0 Å². The number of nitrogens with one attached hydrogen (secondary N) is 1. The van der Waals surface area contributed by atoms with Gasteiger partial charge in [0.15, 0.2) is 0 Å². The van der Waals surface area contributed by atoms with Crippen molar-refractivity contribution in [2.24, 2.45) is 5.10 Å². The summed E-state index contributed by atoms with van der Waals surface area (Å²) in [4.78, 5) is 1.15. The third-order valence-electron chi connectivity index (χ3n) is 5.08. The molecule has 1 aliphatic rings. The maximum absolute atomic E-state index is 4.93. The Bertz CT molecular complexity index is 1180. The number of thiophene rings is 1. The predicted molar refractivity (Wildman–Crippen MR) is 123 cm³/mol. The molecule has 0 saturated carbocycles. The minimum absolute atomic E-state index is 0.0969. The number of nitrogens with zero attached hydrogens (tertiary/aromatic N) is 3. The van der Waals surface area contributed by atoms with Crippen LogP contribution in [0.3, 0.4) is 0 Å². The average Bonchev–Trinajstić information content (AvgIpc) is 3.48. The fourth-order valence-corrected chi connectivity index (χ4v) is 4.93. The highest BCUT2D eigenvalue weighted by Crippen LogP contribution is 2.37. The summed E-state index contributed by atoms with van der Waals surface area (Å²) in [6.07, 6.45) is 2.96. The summed E-state index contributed by atoms with van der Waals surface area (Å²) in [5.41, 5.74) is 10.1. The van der Waals surface area contributed by atoms with E-state index in [0.717, 1.165) is 37.7 Å². The molecule has 29 heavy (non-hydrogen) atoms. The van der Waals surface area contributed by atoms with E-state index in [9.17, 15) is 0 Å². The molecule has 1 aliphatic heterocycles. The Labute approximate surface area is 182 Å². The summed E-state index contributed by atoms with van der Waals surface area (Å²) in [7, 11) is 0. The number of halogens is 1. The van der Waals surface area contributed by atoms with E-state index in [2.05, 4.69) is 88.1 Å². The topological polar surface area (TPSA) is 42.2 Å². The summed E-state index contributed by atoms with van der Waals surface area (Å²) in [5.74, 6) is 0. The van der Waals surface area contributed by atoms with E-state index in [1.54, 1.807) is 11.3 Å². The number of hydrazone groups is 1. The Kier molecular flexibility index (Phi) is 4.81. The van der Waals surface area contributed by atoms with Crippen LogP contribution in [-0.2, 0) is 0 Å². The van der Waals surface area contributed by atoms with Crippen molar-refractivity contribution in [3.05, 3.63) is 93.4 Å². The Hall–Kier alpha value is -2.70. The lowest BCUT2D eigenvalue weighted by molar-refractivity contribution is 0.621. The molecule has 0 spiro atoms. The van der Waals surface area contributed by atoms with Gasteiger partial charge in [0, 0.05) is 18.2 Å². The molecule has 144 valence electrons. The molecule has 3 heterocycles. The second-order valence-electron chi connectivity index (χ2n) is 7.13. The largest absolute Gasteiger partial charge is 0.302 e. The van der Waals surface area contributed by atoms with Crippen molar-refractivity contribution in [2.45, 2.75) is 19.4 Å². The summed E-state index contributed by atoms with van der Waals surface area (Å²) in [6.45, 7) is 2.10. The molecular formula is C23H19BrN4S. The molecule has 0 fully saturated rings. The molecule has 1 N–H and O–H groups in total. The zero-order chi connectivity index (χ0) is 19.8. The molecule has 4 aromatic rings. The number of rotatable bonds is 4. The predicted octanol–water partition coefficient (Wildman–Crippen LogP) is 6.11. The van der Waals surface area contributed by atoms with Gasteiger partial charge < -0.3 is 5.43 Å². The summed E-state index contributed by atoms with van der Waals surface area (Å²) >= 11 is 5.28. The van der Waals surface area contributed by atoms with Gasteiger partial charge in [-0.05, 0) is 52.7 Å². The SMILES string of the molecule is Cc1ccc(C2=NNC(c3cn(-c4ccccc4)nc3-c3ccc(Br)s3)C2)cc1. The smallest absolute Gasteiger partial charge is 0.108 e. The Morgan fingerprint density at radius 1 is 1.03 bits per heavy atom. The van der Waals surface area contributed by atoms with Crippen LogP contribution in [0.1, 0.15) is 29.2 Å². The van der Waals surface area contributed by atoms with Crippen LogP contribution >= 0.6 is 27.3 Å². The zero-order valence-corrected chi connectivity index (χ0v) is 18.2. The minimum Gasteiger partial charge on any atom is -0.302 e. The first-order valence-corrected chi connectivity index (χ1v) is 11.1. The second kappa shape index (κ2) is 7.61. The molecule has 5 rings (SSSR count). The normalized spacial score (nSPS) is 15.9. The van der Waals surface area contributed by atoms with Gasteiger partial charge in [0.25, 0.3) is 0 Å². The average molecular weight is 463 g/mol. The lowest BCUT2D eigenvalue weighted by atomic mass is 9.98. The van der Waals surface area contributed by atoms with Crippen LogP contribution < -0.4 is 5.43 Å². The van der Waals surface area contributed by atoms with Crippen LogP contribution in [0.2, 0.25) is 0 Å². The third kappa shape index (κ3) is 3.66. The molecule has 2 aromatic heterocycles. The Morgan fingerprint density at radius 2 is 1.83 bits per heavy atom. The van der Waals surface area contributed by atoms with Crippen LogP contribution in [0.4, 0.5) is 0 Å². The summed E-state index contributed by atoms with van der Waals surface area (Å²) in [6, 6.07) is 23.1. The standard InChI is InChI=1S/C23H19BrN4S/c1-15-7-9-16(10-8-15)19-13-20(26-25-19)18-14-28(17-5-3-2-4-6-17)27-23(18)21-11-12-22(24)29-21/h2-12,14,20,26H,13H2,1H3. The molecule has 0 aliphatic carbocycles. The Balaban J connectivity index is 1.51. The number of aromatic nitrogens is 2. The molecule has 6 heteroatoms. The van der Waals surface area contributed by atoms with Crippen LogP contribution in [0.15, 0.2) is 81.8 Å². The molecule has 4 nitrogen and oxygen atoms in total. The molecular weight excluding hydrogens is 444 g/mol. The van der Waals surface area contributed by atoms with Crippen LogP contribution in [0, 0.1) is 6.92 Å². The van der Waals surface area contributed by atoms with Crippen LogP contribution in [-0.4, -0.2) is 15.5 Å². The molecule has 0 saturated heterocycles. The molecule has 1 atom stereocenters. The van der Waals surface area contributed by atoms with Gasteiger partial charge in [-0.2, -0.15) is 10.2 Å². The van der Waals surface area contributed by atoms with Gasteiger partial charge in [0.1, 0.15) is 5.69 Å². The van der Waals surface area contributed by atoms with Crippen molar-refractivity contribution in [1.29, 1.82) is 0 Å². The van der Waals surface area contributed by atoms with Crippen molar-refractivity contribution in [3.63, 3.8) is 0 Å². The van der Waals surface area contributed by atoms with Crippen molar-refractivity contribution in [1.82, 2.24) is 15.2 Å². The summed E-state index contributed by atoms with van der Waals surface area (Å²) < 4.78 is 3.06.